The van der Waals surface area contributed by atoms with E-state index in [-0.39, 0.29) is 0 Å². The van der Waals surface area contributed by atoms with Crippen LogP contribution in [-0.2, 0) is 12.8 Å². The Morgan fingerprint density at radius 2 is 2.29 bits per heavy atom. The molecule has 0 unspecified atom stereocenters. The molecule has 1 aliphatic carbocycles. The predicted octanol–water partition coefficient (Wildman–Crippen LogP) is 2.99. The van der Waals surface area contributed by atoms with Gasteiger partial charge in [0.15, 0.2) is 0 Å². The van der Waals surface area contributed by atoms with Crippen molar-refractivity contribution in [1.82, 2.24) is 4.98 Å². The summed E-state index contributed by atoms with van der Waals surface area (Å²) in [5.41, 5.74) is 3.12. The molecule has 0 amide bonds. The van der Waals surface area contributed by atoms with Crippen LogP contribution in [0.3, 0.4) is 0 Å². The highest BCUT2D eigenvalue weighted by atomic mass is 16.3. The number of fused-ring (bicyclic) bond motifs is 1. The van der Waals surface area contributed by atoms with Crippen LogP contribution in [0.1, 0.15) is 31.5 Å². The fourth-order valence-corrected chi connectivity index (χ4v) is 1.97. The van der Waals surface area contributed by atoms with Gasteiger partial charge in [0.1, 0.15) is 5.69 Å². The summed E-state index contributed by atoms with van der Waals surface area (Å²) in [4.78, 5) is 14.6. The molecule has 1 aromatic rings. The maximum absolute atomic E-state index is 10.3. The van der Waals surface area contributed by atoms with Gasteiger partial charge in [-0.25, -0.2) is 0 Å². The zero-order valence-electron chi connectivity index (χ0n) is 8.58. The van der Waals surface area contributed by atoms with Crippen molar-refractivity contribution >= 4 is 5.69 Å². The van der Waals surface area contributed by atoms with Crippen molar-refractivity contribution in [3.05, 3.63) is 28.4 Å². The van der Waals surface area contributed by atoms with Crippen molar-refractivity contribution in [2.45, 2.75) is 33.1 Å². The quantitative estimate of drug-likeness (QED) is 0.639. The van der Waals surface area contributed by atoms with Crippen molar-refractivity contribution < 1.29 is 0 Å². The summed E-state index contributed by atoms with van der Waals surface area (Å²) < 4.78 is 0. The zero-order valence-corrected chi connectivity index (χ0v) is 8.58. The molecule has 0 radical (unpaired) electrons. The lowest BCUT2D eigenvalue weighted by molar-refractivity contribution is 0.311. The van der Waals surface area contributed by atoms with Gasteiger partial charge < -0.3 is 0 Å². The third-order valence-corrected chi connectivity index (χ3v) is 2.87. The molecule has 0 spiro atoms. The molecule has 1 heterocycles. The van der Waals surface area contributed by atoms with E-state index in [9.17, 15) is 4.91 Å². The highest BCUT2D eigenvalue weighted by Crippen LogP contribution is 2.34. The topological polar surface area (TPSA) is 42.3 Å². The van der Waals surface area contributed by atoms with Crippen molar-refractivity contribution in [1.29, 1.82) is 0 Å². The third kappa shape index (κ3) is 1.67. The molecular formula is C11H14N2O. The first-order valence-electron chi connectivity index (χ1n) is 4.92. The molecule has 0 saturated heterocycles. The van der Waals surface area contributed by atoms with E-state index in [2.05, 4.69) is 24.0 Å². The summed E-state index contributed by atoms with van der Waals surface area (Å²) in [6.07, 6.45) is 4.73. The van der Waals surface area contributed by atoms with Crippen LogP contribution in [0.2, 0.25) is 0 Å². The molecule has 14 heavy (non-hydrogen) atoms. The van der Waals surface area contributed by atoms with Crippen LogP contribution in [-0.4, -0.2) is 4.98 Å². The van der Waals surface area contributed by atoms with Crippen LogP contribution in [0.25, 0.3) is 0 Å². The van der Waals surface area contributed by atoms with Crippen molar-refractivity contribution in [2.75, 3.05) is 0 Å². The summed E-state index contributed by atoms with van der Waals surface area (Å²) in [7, 11) is 0. The maximum atomic E-state index is 10.3. The Labute approximate surface area is 83.5 Å². The first kappa shape index (κ1) is 9.31. The van der Waals surface area contributed by atoms with Gasteiger partial charge in [-0.2, -0.15) is 0 Å². The average molecular weight is 190 g/mol. The first-order valence-corrected chi connectivity index (χ1v) is 4.92. The molecule has 0 aliphatic heterocycles. The van der Waals surface area contributed by atoms with Gasteiger partial charge in [0.25, 0.3) is 0 Å². The smallest absolute Gasteiger partial charge is 0.126 e. The summed E-state index contributed by atoms with van der Waals surface area (Å²) >= 11 is 0. The summed E-state index contributed by atoms with van der Waals surface area (Å²) in [5, 5.41) is 2.90. The van der Waals surface area contributed by atoms with Gasteiger partial charge in [0, 0.05) is 5.69 Å². The van der Waals surface area contributed by atoms with E-state index in [1.807, 2.05) is 6.07 Å². The number of aryl methyl sites for hydroxylation is 1. The van der Waals surface area contributed by atoms with Crippen LogP contribution in [0, 0.1) is 10.3 Å². The Morgan fingerprint density at radius 3 is 3.00 bits per heavy atom. The fraction of sp³-hybridized carbons (Fsp3) is 0.545. The molecule has 3 nitrogen and oxygen atoms in total. The molecule has 2 rings (SSSR count). The van der Waals surface area contributed by atoms with E-state index in [0.29, 0.717) is 11.1 Å². The number of rotatable bonds is 1. The van der Waals surface area contributed by atoms with Crippen molar-refractivity contribution in [3.63, 3.8) is 0 Å². The van der Waals surface area contributed by atoms with Crippen LogP contribution < -0.4 is 0 Å². The number of nitroso groups, excluding NO2 is 1. The largest absolute Gasteiger partial charge is 0.259 e. The number of aromatic nitrogens is 1. The Bertz CT molecular complexity index is 372. The van der Waals surface area contributed by atoms with Crippen LogP contribution in [0.5, 0.6) is 0 Å². The first-order chi connectivity index (χ1) is 6.61. The fourth-order valence-electron chi connectivity index (χ4n) is 1.97. The standard InChI is InChI=1S/C11H14N2O/c1-11(2)4-3-8-5-9(13-14)7-12-10(8)6-11/h5,7H,3-4,6H2,1-2H3. The summed E-state index contributed by atoms with van der Waals surface area (Å²) in [6, 6.07) is 1.87. The molecule has 0 N–H and O–H groups in total. The minimum Gasteiger partial charge on any atom is -0.259 e. The number of hydrogen-bond donors (Lipinski definition) is 0. The van der Waals surface area contributed by atoms with Crippen LogP contribution in [0.4, 0.5) is 5.69 Å². The molecule has 0 aromatic carbocycles. The van der Waals surface area contributed by atoms with Gasteiger partial charge in [-0.1, -0.05) is 13.8 Å². The molecular weight excluding hydrogens is 176 g/mol. The van der Waals surface area contributed by atoms with E-state index >= 15 is 0 Å². The van der Waals surface area contributed by atoms with E-state index < -0.39 is 0 Å². The molecule has 0 bridgehead atoms. The zero-order chi connectivity index (χ0) is 10.2. The van der Waals surface area contributed by atoms with Crippen molar-refractivity contribution in [2.24, 2.45) is 10.6 Å². The number of nitrogens with zero attached hydrogens (tertiary/aromatic N) is 2. The normalized spacial score (nSPS) is 18.7. The van der Waals surface area contributed by atoms with E-state index in [4.69, 9.17) is 0 Å². The van der Waals surface area contributed by atoms with E-state index in [1.54, 1.807) is 6.20 Å². The van der Waals surface area contributed by atoms with Gasteiger partial charge in [-0.15, -0.1) is 4.91 Å². The Hall–Kier alpha value is -1.25. The Morgan fingerprint density at radius 1 is 1.50 bits per heavy atom. The van der Waals surface area contributed by atoms with Gasteiger partial charge in [0.2, 0.25) is 0 Å². The summed E-state index contributed by atoms with van der Waals surface area (Å²) in [5.74, 6) is 0. The SMILES string of the molecule is CC1(C)CCc2cc(N=O)cnc2C1. The molecule has 1 aliphatic rings. The minimum atomic E-state index is 0.343. The predicted molar refractivity (Wildman–Crippen MR) is 55.5 cm³/mol. The van der Waals surface area contributed by atoms with Crippen molar-refractivity contribution in [3.8, 4) is 0 Å². The highest BCUT2D eigenvalue weighted by Gasteiger charge is 2.26. The van der Waals surface area contributed by atoms with Crippen LogP contribution >= 0.6 is 0 Å². The Kier molecular flexibility index (Phi) is 2.10. The lowest BCUT2D eigenvalue weighted by Gasteiger charge is -2.30. The molecule has 0 fully saturated rings. The van der Waals surface area contributed by atoms with E-state index in [0.717, 1.165) is 25.0 Å². The third-order valence-electron chi connectivity index (χ3n) is 2.87. The molecule has 0 atom stereocenters. The Balaban J connectivity index is 2.37. The van der Waals surface area contributed by atoms with Gasteiger partial charge in [-0.05, 0) is 41.5 Å². The lowest BCUT2D eigenvalue weighted by Crippen LogP contribution is -2.22. The lowest BCUT2D eigenvalue weighted by atomic mass is 9.76. The summed E-state index contributed by atoms with van der Waals surface area (Å²) in [6.45, 7) is 4.51. The molecule has 0 saturated carbocycles. The highest BCUT2D eigenvalue weighted by molar-refractivity contribution is 5.40. The monoisotopic (exact) mass is 190 g/mol. The number of hydrogen-bond acceptors (Lipinski definition) is 3. The van der Waals surface area contributed by atoms with Gasteiger partial charge in [-0.3, -0.25) is 4.98 Å². The average Bonchev–Trinajstić information content (AvgIpc) is 2.16. The minimum absolute atomic E-state index is 0.343. The second kappa shape index (κ2) is 3.15. The second-order valence-corrected chi connectivity index (χ2v) is 4.73. The maximum Gasteiger partial charge on any atom is 0.126 e. The molecule has 3 heteroatoms. The molecule has 74 valence electrons. The molecule has 1 aromatic heterocycles. The van der Waals surface area contributed by atoms with Gasteiger partial charge >= 0.3 is 0 Å². The van der Waals surface area contributed by atoms with E-state index in [1.165, 1.54) is 5.56 Å². The van der Waals surface area contributed by atoms with Gasteiger partial charge in [0.05, 0.1) is 6.20 Å². The number of pyridine rings is 1. The second-order valence-electron chi connectivity index (χ2n) is 4.73. The van der Waals surface area contributed by atoms with Crippen LogP contribution in [0.15, 0.2) is 17.4 Å².